The van der Waals surface area contributed by atoms with E-state index in [9.17, 15) is 23.2 Å². The molecular weight excluding hydrogens is 837 g/mol. The number of hydrogen-bond donors (Lipinski definition) is 7. The number of benzene rings is 2. The molecule has 2 atom stereocenters. The van der Waals surface area contributed by atoms with Gasteiger partial charge < -0.3 is 42.0 Å². The number of ether oxygens (including phenoxy) is 2. The summed E-state index contributed by atoms with van der Waals surface area (Å²) < 4.78 is 35.2. The van der Waals surface area contributed by atoms with Crippen LogP contribution in [0.5, 0.6) is 0 Å². The zero-order chi connectivity index (χ0) is 43.8. The average molecular weight is 884 g/mol. The van der Waals surface area contributed by atoms with Crippen LogP contribution in [0.1, 0.15) is 49.7 Å². The van der Waals surface area contributed by atoms with E-state index in [2.05, 4.69) is 41.2 Å². The first-order chi connectivity index (χ1) is 29.2. The first-order valence-corrected chi connectivity index (χ1v) is 20.0. The van der Waals surface area contributed by atoms with Crippen molar-refractivity contribution in [2.24, 2.45) is 27.4 Å². The molecule has 4 heterocycles. The average Bonchev–Trinajstić information content (AvgIpc) is 3.86. The number of nitrogens with one attached hydrogen (secondary N) is 4. The number of carbonyl (C=O) groups excluding carboxylic acids is 2. The monoisotopic (exact) mass is 882 g/mol. The summed E-state index contributed by atoms with van der Waals surface area (Å²) >= 11 is 11.5. The number of rotatable bonds is 11. The molecule has 2 aromatic heterocycles. The van der Waals surface area contributed by atoms with Crippen molar-refractivity contribution in [1.82, 2.24) is 9.97 Å². The highest BCUT2D eigenvalue weighted by molar-refractivity contribution is 6.30. The maximum Gasteiger partial charge on any atom is 0.324 e. The van der Waals surface area contributed by atoms with Crippen LogP contribution >= 0.6 is 23.2 Å². The summed E-state index contributed by atoms with van der Waals surface area (Å²) in [5.74, 6) is -3.68. The van der Waals surface area contributed by atoms with Crippen molar-refractivity contribution in [3.63, 3.8) is 0 Å². The van der Waals surface area contributed by atoms with Crippen LogP contribution in [0.3, 0.4) is 0 Å². The number of pyridine rings is 2. The SMILES string of the molecule is NC1=N[C@@H](CCc2ccc(NC(=O)Nc3ccc(Cl)cn3)cc2)CO1.NC1=N[C@@H](CCc2ccc(NC(=O)Nc3ccc(Cl)nc3)cc2)CO1.O=C(O)C1CCC(F)(F)CC1. The van der Waals surface area contributed by atoms with Crippen LogP contribution in [0.4, 0.5) is 41.2 Å². The van der Waals surface area contributed by atoms with Crippen LogP contribution < -0.4 is 32.7 Å². The molecule has 2 aliphatic heterocycles. The van der Waals surface area contributed by atoms with E-state index < -0.39 is 17.8 Å². The molecule has 4 aromatic rings. The summed E-state index contributed by atoms with van der Waals surface area (Å²) in [5.41, 5.74) is 15.3. The predicted molar refractivity (Wildman–Crippen MR) is 231 cm³/mol. The van der Waals surface area contributed by atoms with E-state index in [0.717, 1.165) is 36.8 Å². The highest BCUT2D eigenvalue weighted by Crippen LogP contribution is 2.36. The molecule has 9 N–H and O–H groups in total. The number of urea groups is 2. The molecule has 3 aliphatic rings. The quantitative estimate of drug-likeness (QED) is 0.0717. The Morgan fingerprint density at radius 1 is 0.689 bits per heavy atom. The number of aryl methyl sites for hydroxylation is 2. The van der Waals surface area contributed by atoms with Gasteiger partial charge in [-0.25, -0.2) is 38.3 Å². The lowest BCUT2D eigenvalue weighted by Gasteiger charge is -2.25. The van der Waals surface area contributed by atoms with E-state index in [1.807, 2.05) is 48.5 Å². The predicted octanol–water partition coefficient (Wildman–Crippen LogP) is 7.95. The molecule has 61 heavy (non-hydrogen) atoms. The van der Waals surface area contributed by atoms with Crippen LogP contribution in [0, 0.1) is 5.92 Å². The minimum absolute atomic E-state index is 0.113. The number of nitrogens with zero attached hydrogens (tertiary/aromatic N) is 4. The molecule has 7 rings (SSSR count). The van der Waals surface area contributed by atoms with Crippen LogP contribution in [0.15, 0.2) is 95.2 Å². The highest BCUT2D eigenvalue weighted by Gasteiger charge is 2.37. The smallest absolute Gasteiger partial charge is 0.324 e. The molecular formula is C41H46Cl2F2N10O6. The van der Waals surface area contributed by atoms with Gasteiger partial charge in [0.15, 0.2) is 0 Å². The molecule has 0 unspecified atom stereocenters. The number of anilines is 4. The molecule has 16 nitrogen and oxygen atoms in total. The van der Waals surface area contributed by atoms with E-state index in [0.29, 0.717) is 46.3 Å². The zero-order valence-corrected chi connectivity index (χ0v) is 34.3. The van der Waals surface area contributed by atoms with Gasteiger partial charge in [0.25, 0.3) is 12.0 Å². The van der Waals surface area contributed by atoms with Gasteiger partial charge in [0.05, 0.1) is 34.9 Å². The molecule has 20 heteroatoms. The van der Waals surface area contributed by atoms with E-state index in [1.54, 1.807) is 24.3 Å². The van der Waals surface area contributed by atoms with Gasteiger partial charge in [0.2, 0.25) is 5.92 Å². The second-order valence-electron chi connectivity index (χ2n) is 14.2. The van der Waals surface area contributed by atoms with Crippen LogP contribution in [0.25, 0.3) is 0 Å². The minimum atomic E-state index is -2.62. The number of amidine groups is 2. The van der Waals surface area contributed by atoms with Crippen molar-refractivity contribution in [2.75, 3.05) is 34.5 Å². The zero-order valence-electron chi connectivity index (χ0n) is 32.8. The summed E-state index contributed by atoms with van der Waals surface area (Å²) in [7, 11) is 0. The molecule has 2 aromatic carbocycles. The van der Waals surface area contributed by atoms with Gasteiger partial charge >= 0.3 is 18.0 Å². The Labute approximate surface area is 360 Å². The summed E-state index contributed by atoms with van der Waals surface area (Å²) in [5, 5.41) is 20.2. The Hall–Kier alpha value is -6.27. The number of aromatic nitrogens is 2. The number of alkyl halides is 2. The van der Waals surface area contributed by atoms with Crippen LogP contribution in [0.2, 0.25) is 10.2 Å². The van der Waals surface area contributed by atoms with Crippen molar-refractivity contribution < 1.29 is 37.7 Å². The number of carbonyl (C=O) groups is 3. The molecule has 324 valence electrons. The third-order valence-corrected chi connectivity index (χ3v) is 9.89. The maximum atomic E-state index is 12.4. The van der Waals surface area contributed by atoms with Gasteiger partial charge in [-0.2, -0.15) is 0 Å². The second kappa shape index (κ2) is 22.4. The maximum absolute atomic E-state index is 12.4. The largest absolute Gasteiger partial charge is 0.481 e. The Bertz CT molecular complexity index is 1990. The Balaban J connectivity index is 0.000000186. The number of hydrogen-bond acceptors (Lipinski definition) is 11. The molecule has 0 spiro atoms. The first kappa shape index (κ1) is 45.8. The van der Waals surface area contributed by atoms with Gasteiger partial charge in [0.1, 0.15) is 24.2 Å². The number of carboxylic acids is 1. The molecule has 0 radical (unpaired) electrons. The van der Waals surface area contributed by atoms with E-state index in [1.165, 1.54) is 12.4 Å². The van der Waals surface area contributed by atoms with Crippen LogP contribution in [-0.4, -0.2) is 76.4 Å². The lowest BCUT2D eigenvalue weighted by atomic mass is 9.87. The summed E-state index contributed by atoms with van der Waals surface area (Å²) in [4.78, 5) is 50.5. The van der Waals surface area contributed by atoms with E-state index in [4.69, 9.17) is 49.2 Å². The third-order valence-electron chi connectivity index (χ3n) is 9.44. The summed E-state index contributed by atoms with van der Waals surface area (Å²) in [6, 6.07) is 22.0. The summed E-state index contributed by atoms with van der Waals surface area (Å²) in [6.07, 6.45) is 6.12. The minimum Gasteiger partial charge on any atom is -0.481 e. The molecule has 1 aliphatic carbocycles. The van der Waals surface area contributed by atoms with Gasteiger partial charge in [-0.05, 0) is 98.2 Å². The first-order valence-electron chi connectivity index (χ1n) is 19.3. The Morgan fingerprint density at radius 3 is 1.61 bits per heavy atom. The lowest BCUT2D eigenvalue weighted by Crippen LogP contribution is -2.28. The number of carboxylic acid groups (broad SMARTS) is 1. The number of halogens is 4. The molecule has 0 saturated heterocycles. The molecule has 0 bridgehead atoms. The van der Waals surface area contributed by atoms with Gasteiger partial charge in [-0.3, -0.25) is 10.1 Å². The van der Waals surface area contributed by atoms with Crippen molar-refractivity contribution >= 4 is 76.2 Å². The van der Waals surface area contributed by atoms with Crippen molar-refractivity contribution in [2.45, 2.75) is 69.4 Å². The highest BCUT2D eigenvalue weighted by atomic mass is 35.5. The molecule has 4 amide bonds. The Morgan fingerprint density at radius 2 is 1.18 bits per heavy atom. The fourth-order valence-electron chi connectivity index (χ4n) is 6.10. The van der Waals surface area contributed by atoms with E-state index in [-0.39, 0.29) is 61.9 Å². The Kier molecular flexibility index (Phi) is 16.8. The number of nitrogens with two attached hydrogens (primary N) is 2. The van der Waals surface area contributed by atoms with Gasteiger partial charge in [0, 0.05) is 30.4 Å². The fourth-order valence-corrected chi connectivity index (χ4v) is 6.33. The van der Waals surface area contributed by atoms with Crippen molar-refractivity contribution in [3.05, 3.63) is 106 Å². The number of amides is 4. The number of aliphatic carboxylic acids is 1. The van der Waals surface area contributed by atoms with Crippen LogP contribution in [-0.2, 0) is 27.1 Å². The third kappa shape index (κ3) is 16.4. The standard InChI is InChI=1S/2C17H18ClN5O2.C7H10F2O2/c18-12-4-8-15(20-9-12)23-17(24)22-13-5-1-11(2-6-13)3-7-14-10-25-16(19)21-14;18-15-8-7-13(9-20-15)23-17(24)22-12-4-1-11(2-5-12)3-6-14-10-25-16(19)21-14;8-7(9)3-1-5(2-4-7)6(10)11/h1-2,4-6,8-9,14H,3,7,10H2,(H2,19,21)(H2,20,22,23,24);1-2,4-5,7-9,14H,3,6,10H2,(H2,19,21)(H2,22,23,24);5H,1-4H2,(H,10,11)/t2*14-;/m00./s1. The van der Waals surface area contributed by atoms with Crippen molar-refractivity contribution in [3.8, 4) is 0 Å². The fraction of sp³-hybridized carbons (Fsp3) is 0.341. The van der Waals surface area contributed by atoms with Gasteiger partial charge in [-0.15, -0.1) is 0 Å². The summed E-state index contributed by atoms with van der Waals surface area (Å²) in [6.45, 7) is 1.09. The topological polar surface area (TPSA) is 241 Å². The normalized spacial score (nSPS) is 17.6. The van der Waals surface area contributed by atoms with Crippen molar-refractivity contribution in [1.29, 1.82) is 0 Å². The van der Waals surface area contributed by atoms with E-state index >= 15 is 0 Å². The molecule has 1 fully saturated rings. The molecule has 1 saturated carbocycles. The van der Waals surface area contributed by atoms with Gasteiger partial charge in [-0.1, -0.05) is 47.5 Å². The lowest BCUT2D eigenvalue weighted by molar-refractivity contribution is -0.145. The number of aliphatic imine (C=N–C) groups is 2. The second-order valence-corrected chi connectivity index (χ2v) is 15.0.